The summed E-state index contributed by atoms with van der Waals surface area (Å²) in [5, 5.41) is 0. The van der Waals surface area contributed by atoms with Gasteiger partial charge in [-0.1, -0.05) is 61.4 Å². The van der Waals surface area contributed by atoms with Crippen LogP contribution in [0.5, 0.6) is 0 Å². The first-order valence-corrected chi connectivity index (χ1v) is 6.61. The maximum Gasteiger partial charge on any atom is 0.0888 e. The predicted molar refractivity (Wildman–Crippen MR) is 76.7 cm³/mol. The average Bonchev–Trinajstić information content (AvgIpc) is 2.73. The zero-order valence-electron chi connectivity index (χ0n) is 10.7. The van der Waals surface area contributed by atoms with Gasteiger partial charge in [0, 0.05) is 5.41 Å². The smallest absolute Gasteiger partial charge is 0.0888 e. The molecule has 2 aliphatic carbocycles. The summed E-state index contributed by atoms with van der Waals surface area (Å²) in [4.78, 5) is -1.05. The van der Waals surface area contributed by atoms with Crippen LogP contribution in [-0.4, -0.2) is 9.75 Å². The van der Waals surface area contributed by atoms with E-state index in [4.69, 9.17) is 23.2 Å². The monoisotopic (exact) mass is 268 g/mol. The fourth-order valence-corrected chi connectivity index (χ4v) is 3.26. The van der Waals surface area contributed by atoms with Crippen LogP contribution >= 0.6 is 23.2 Å². The highest BCUT2D eigenvalue weighted by molar-refractivity contribution is 6.32. The van der Waals surface area contributed by atoms with Gasteiger partial charge in [0.1, 0.15) is 0 Å². The molecule has 0 aromatic heterocycles. The van der Waals surface area contributed by atoms with Crippen molar-refractivity contribution in [3.63, 3.8) is 0 Å². The summed E-state index contributed by atoms with van der Waals surface area (Å²) >= 11 is 13.5. The zero-order chi connectivity index (χ0) is 12.9. The van der Waals surface area contributed by atoms with E-state index in [-0.39, 0.29) is 5.41 Å². The molecule has 0 fully saturated rings. The summed E-state index contributed by atoms with van der Waals surface area (Å²) in [7, 11) is 0. The molecule has 0 aromatic rings. The van der Waals surface area contributed by atoms with Gasteiger partial charge in [-0.2, -0.15) is 0 Å². The lowest BCUT2D eigenvalue weighted by molar-refractivity contribution is 0.292. The minimum atomic E-state index is -0.524. The molecular weight excluding hydrogens is 251 g/mol. The van der Waals surface area contributed by atoms with Crippen molar-refractivity contribution in [3.05, 3.63) is 47.6 Å². The van der Waals surface area contributed by atoms with E-state index >= 15 is 0 Å². The number of rotatable bonds is 2. The second kappa shape index (κ2) is 3.76. The molecule has 0 aliphatic heterocycles. The lowest BCUT2D eigenvalue weighted by Gasteiger charge is -2.45. The van der Waals surface area contributed by atoms with Crippen molar-refractivity contribution >= 4 is 23.2 Å². The molecule has 2 heteroatoms. The van der Waals surface area contributed by atoms with Gasteiger partial charge in [0.2, 0.25) is 0 Å². The predicted octanol–water partition coefficient (Wildman–Crippen LogP) is 5.00. The van der Waals surface area contributed by atoms with Crippen LogP contribution in [0.3, 0.4) is 0 Å². The highest BCUT2D eigenvalue weighted by Crippen LogP contribution is 2.55. The average molecular weight is 269 g/mol. The van der Waals surface area contributed by atoms with E-state index in [1.165, 1.54) is 11.1 Å². The second-order valence-electron chi connectivity index (χ2n) is 5.60. The first kappa shape index (κ1) is 13.0. The van der Waals surface area contributed by atoms with Crippen molar-refractivity contribution in [2.75, 3.05) is 0 Å². The van der Waals surface area contributed by atoms with Crippen LogP contribution in [0.4, 0.5) is 0 Å². The van der Waals surface area contributed by atoms with Crippen molar-refractivity contribution in [3.8, 4) is 0 Å². The minimum absolute atomic E-state index is 0.300. The Morgan fingerprint density at radius 1 is 0.882 bits per heavy atom. The maximum atomic E-state index is 6.76. The molecule has 92 valence electrons. The Morgan fingerprint density at radius 2 is 1.24 bits per heavy atom. The Morgan fingerprint density at radius 3 is 1.47 bits per heavy atom. The van der Waals surface area contributed by atoms with Crippen LogP contribution in [-0.2, 0) is 0 Å². The van der Waals surface area contributed by atoms with Gasteiger partial charge in [-0.25, -0.2) is 0 Å². The first-order valence-electron chi connectivity index (χ1n) is 5.85. The minimum Gasteiger partial charge on any atom is -0.109 e. The largest absolute Gasteiger partial charge is 0.109 e. The quantitative estimate of drug-likeness (QED) is 0.619. The van der Waals surface area contributed by atoms with E-state index in [1.54, 1.807) is 0 Å². The molecule has 2 aliphatic rings. The number of halogens is 2. The van der Waals surface area contributed by atoms with Crippen molar-refractivity contribution in [1.82, 2.24) is 0 Å². The maximum absolute atomic E-state index is 6.76. The molecule has 0 saturated carbocycles. The number of hydrogen-bond acceptors (Lipinski definition) is 0. The third-order valence-corrected chi connectivity index (χ3v) is 5.38. The van der Waals surface area contributed by atoms with Gasteiger partial charge in [0.25, 0.3) is 0 Å². The van der Waals surface area contributed by atoms with Crippen molar-refractivity contribution in [2.24, 2.45) is 5.41 Å². The van der Waals surface area contributed by atoms with Crippen LogP contribution < -0.4 is 0 Å². The van der Waals surface area contributed by atoms with E-state index < -0.39 is 9.75 Å². The van der Waals surface area contributed by atoms with Crippen LogP contribution in [0, 0.1) is 5.41 Å². The third-order valence-electron chi connectivity index (χ3n) is 3.97. The number of allylic oxidation sites excluding steroid dienone is 8. The molecule has 0 aromatic carbocycles. The summed E-state index contributed by atoms with van der Waals surface area (Å²) in [6, 6.07) is 0. The van der Waals surface area contributed by atoms with E-state index in [2.05, 4.69) is 52.0 Å². The second-order valence-corrected chi connectivity index (χ2v) is 6.86. The Bertz CT molecular complexity index is 423. The lowest BCUT2D eigenvalue weighted by atomic mass is 9.69. The zero-order valence-corrected chi connectivity index (χ0v) is 12.2. The molecule has 0 bridgehead atoms. The Kier molecular flexibility index (Phi) is 2.88. The molecular formula is C15H18Cl2. The third kappa shape index (κ3) is 1.82. The molecule has 2 rings (SSSR count). The van der Waals surface area contributed by atoms with Gasteiger partial charge in [0.15, 0.2) is 0 Å². The molecule has 0 N–H and O–H groups in total. The fourth-order valence-electron chi connectivity index (χ4n) is 2.43. The Hall–Kier alpha value is -0.460. The van der Waals surface area contributed by atoms with E-state index in [9.17, 15) is 0 Å². The van der Waals surface area contributed by atoms with Crippen LogP contribution in [0.15, 0.2) is 47.6 Å². The topological polar surface area (TPSA) is 0 Å². The SMILES string of the molecule is CC1=CC(Cl)(C(C)(C)C2(Cl)C=CC(C)=C2)C=C1. The van der Waals surface area contributed by atoms with E-state index in [0.717, 1.165) is 0 Å². The van der Waals surface area contributed by atoms with E-state index in [1.807, 2.05) is 12.2 Å². The molecule has 2 unspecified atom stereocenters. The summed E-state index contributed by atoms with van der Waals surface area (Å²) in [5.41, 5.74) is 2.08. The summed E-state index contributed by atoms with van der Waals surface area (Å²) in [5.74, 6) is 0. The van der Waals surface area contributed by atoms with E-state index in [0.29, 0.717) is 0 Å². The van der Waals surface area contributed by atoms with Gasteiger partial charge >= 0.3 is 0 Å². The highest BCUT2D eigenvalue weighted by atomic mass is 35.5. The highest BCUT2D eigenvalue weighted by Gasteiger charge is 2.53. The summed E-state index contributed by atoms with van der Waals surface area (Å²) in [6.45, 7) is 8.35. The van der Waals surface area contributed by atoms with Crippen LogP contribution in [0.1, 0.15) is 27.7 Å². The van der Waals surface area contributed by atoms with Gasteiger partial charge in [-0.3, -0.25) is 0 Å². The fraction of sp³-hybridized carbons (Fsp3) is 0.467. The molecule has 0 saturated heterocycles. The standard InChI is InChI=1S/C15H18Cl2/c1-11-5-7-14(16,9-11)13(3,4)15(17)8-6-12(2)10-15/h5-10H,1-4H3. The molecule has 0 spiro atoms. The number of hydrogen-bond donors (Lipinski definition) is 0. The van der Waals surface area contributed by atoms with Crippen LogP contribution in [0.2, 0.25) is 0 Å². The number of alkyl halides is 2. The van der Waals surface area contributed by atoms with Gasteiger partial charge in [0.05, 0.1) is 9.75 Å². The van der Waals surface area contributed by atoms with Crippen LogP contribution in [0.25, 0.3) is 0 Å². The molecule has 17 heavy (non-hydrogen) atoms. The molecule has 0 amide bonds. The van der Waals surface area contributed by atoms with Gasteiger partial charge in [-0.15, -0.1) is 23.2 Å². The van der Waals surface area contributed by atoms with Crippen molar-refractivity contribution in [1.29, 1.82) is 0 Å². The summed E-state index contributed by atoms with van der Waals surface area (Å²) in [6.07, 6.45) is 12.4. The summed E-state index contributed by atoms with van der Waals surface area (Å²) < 4.78 is 0. The first-order chi connectivity index (χ1) is 7.70. The normalized spacial score (nSPS) is 36.4. The van der Waals surface area contributed by atoms with Crippen molar-refractivity contribution in [2.45, 2.75) is 37.4 Å². The molecule has 2 atom stereocenters. The molecule has 0 nitrogen and oxygen atoms in total. The van der Waals surface area contributed by atoms with Gasteiger partial charge < -0.3 is 0 Å². The Labute approximate surface area is 114 Å². The molecule has 0 heterocycles. The lowest BCUT2D eigenvalue weighted by Crippen LogP contribution is -2.48. The molecule has 0 radical (unpaired) electrons. The van der Waals surface area contributed by atoms with Crippen molar-refractivity contribution < 1.29 is 0 Å². The van der Waals surface area contributed by atoms with Gasteiger partial charge in [-0.05, 0) is 13.8 Å². The Balaban J connectivity index is 2.45.